The number of rotatable bonds is 5. The van der Waals surface area contributed by atoms with Crippen LogP contribution in [0.5, 0.6) is 5.75 Å². The van der Waals surface area contributed by atoms with Gasteiger partial charge in [0.25, 0.3) is 10.0 Å². The van der Waals surface area contributed by atoms with Crippen LogP contribution in [0, 0.1) is 12.7 Å². The first kappa shape index (κ1) is 18.2. The van der Waals surface area contributed by atoms with Crippen molar-refractivity contribution in [3.05, 3.63) is 47.8 Å². The smallest absolute Gasteiger partial charge is 0.265 e. The van der Waals surface area contributed by atoms with Crippen LogP contribution in [-0.4, -0.2) is 30.2 Å². The standard InChI is InChI=1S/C15H16FNO5S2/c1-10-12(5-4-6-14(10)23(3,18)19)17-24(20,21)15-9-11(16)7-8-13(15)22-2/h4-9,17H,1-3H3. The highest BCUT2D eigenvalue weighted by atomic mass is 32.2. The Balaban J connectivity index is 2.54. The van der Waals surface area contributed by atoms with Crippen LogP contribution in [0.15, 0.2) is 46.2 Å². The van der Waals surface area contributed by atoms with Gasteiger partial charge in [-0.05, 0) is 42.8 Å². The van der Waals surface area contributed by atoms with E-state index in [0.717, 1.165) is 18.4 Å². The summed E-state index contributed by atoms with van der Waals surface area (Å²) in [5.41, 5.74) is 0.336. The van der Waals surface area contributed by atoms with Gasteiger partial charge in [0.15, 0.2) is 9.84 Å². The van der Waals surface area contributed by atoms with E-state index in [4.69, 9.17) is 4.74 Å². The Labute approximate surface area is 140 Å². The number of nitrogens with one attached hydrogen (secondary N) is 1. The lowest BCUT2D eigenvalue weighted by Gasteiger charge is -2.14. The number of benzene rings is 2. The maximum Gasteiger partial charge on any atom is 0.265 e. The molecule has 0 saturated carbocycles. The molecule has 2 rings (SSSR count). The molecule has 130 valence electrons. The normalized spacial score (nSPS) is 12.0. The number of hydrogen-bond donors (Lipinski definition) is 1. The monoisotopic (exact) mass is 373 g/mol. The van der Waals surface area contributed by atoms with E-state index in [2.05, 4.69) is 4.72 Å². The minimum Gasteiger partial charge on any atom is -0.495 e. The van der Waals surface area contributed by atoms with Gasteiger partial charge in [0.1, 0.15) is 16.5 Å². The second kappa shape index (κ2) is 6.40. The molecule has 0 aliphatic carbocycles. The van der Waals surface area contributed by atoms with E-state index in [1.54, 1.807) is 0 Å². The second-order valence-corrected chi connectivity index (χ2v) is 8.74. The van der Waals surface area contributed by atoms with Crippen LogP contribution in [0.4, 0.5) is 10.1 Å². The maximum absolute atomic E-state index is 13.4. The summed E-state index contributed by atoms with van der Waals surface area (Å²) < 4.78 is 69.2. The topological polar surface area (TPSA) is 89.5 Å². The summed E-state index contributed by atoms with van der Waals surface area (Å²) in [4.78, 5) is -0.372. The van der Waals surface area contributed by atoms with E-state index >= 15 is 0 Å². The molecule has 0 heterocycles. The molecule has 0 aliphatic heterocycles. The lowest BCUT2D eigenvalue weighted by atomic mass is 10.2. The average molecular weight is 373 g/mol. The maximum atomic E-state index is 13.4. The molecular formula is C15H16FNO5S2. The highest BCUT2D eigenvalue weighted by Crippen LogP contribution is 2.29. The molecule has 24 heavy (non-hydrogen) atoms. The van der Waals surface area contributed by atoms with E-state index in [1.165, 1.54) is 38.3 Å². The van der Waals surface area contributed by atoms with Gasteiger partial charge in [-0.3, -0.25) is 4.72 Å². The van der Waals surface area contributed by atoms with E-state index in [0.29, 0.717) is 0 Å². The predicted molar refractivity (Wildman–Crippen MR) is 88.0 cm³/mol. The molecule has 0 bridgehead atoms. The number of sulfonamides is 1. The van der Waals surface area contributed by atoms with Gasteiger partial charge >= 0.3 is 0 Å². The van der Waals surface area contributed by atoms with Gasteiger partial charge in [-0.15, -0.1) is 0 Å². The van der Waals surface area contributed by atoms with Gasteiger partial charge < -0.3 is 4.74 Å². The SMILES string of the molecule is COc1ccc(F)cc1S(=O)(=O)Nc1cccc(S(C)(=O)=O)c1C. The number of anilines is 1. The Hall–Kier alpha value is -2.13. The zero-order valence-electron chi connectivity index (χ0n) is 13.2. The van der Waals surface area contributed by atoms with Crippen LogP contribution < -0.4 is 9.46 Å². The molecule has 9 heteroatoms. The van der Waals surface area contributed by atoms with E-state index < -0.39 is 25.7 Å². The largest absolute Gasteiger partial charge is 0.495 e. The van der Waals surface area contributed by atoms with Crippen LogP contribution >= 0.6 is 0 Å². The quantitative estimate of drug-likeness (QED) is 0.869. The Morgan fingerprint density at radius 3 is 2.29 bits per heavy atom. The van der Waals surface area contributed by atoms with Crippen molar-refractivity contribution in [3.8, 4) is 5.75 Å². The summed E-state index contributed by atoms with van der Waals surface area (Å²) in [6.45, 7) is 1.48. The van der Waals surface area contributed by atoms with Crippen molar-refractivity contribution in [2.45, 2.75) is 16.7 Å². The Kier molecular flexibility index (Phi) is 4.86. The van der Waals surface area contributed by atoms with Crippen LogP contribution in [0.25, 0.3) is 0 Å². The molecule has 2 aromatic rings. The van der Waals surface area contributed by atoms with Crippen molar-refractivity contribution in [3.63, 3.8) is 0 Å². The van der Waals surface area contributed by atoms with Gasteiger partial charge in [0.05, 0.1) is 17.7 Å². The zero-order chi connectivity index (χ0) is 18.1. The van der Waals surface area contributed by atoms with Crippen LogP contribution in [0.1, 0.15) is 5.56 Å². The third kappa shape index (κ3) is 3.68. The molecule has 0 amide bonds. The summed E-state index contributed by atoms with van der Waals surface area (Å²) in [5.74, 6) is -0.765. The third-order valence-corrected chi connectivity index (χ3v) is 5.97. The van der Waals surface area contributed by atoms with Gasteiger partial charge in [-0.2, -0.15) is 0 Å². The molecule has 0 radical (unpaired) electrons. The summed E-state index contributed by atoms with van der Waals surface area (Å²) in [5, 5.41) is 0. The molecule has 0 fully saturated rings. The first-order valence-corrected chi connectivity index (χ1v) is 10.1. The summed E-state index contributed by atoms with van der Waals surface area (Å²) in [7, 11) is -6.42. The molecule has 2 aromatic carbocycles. The third-order valence-electron chi connectivity index (χ3n) is 3.34. The van der Waals surface area contributed by atoms with E-state index in [-0.39, 0.29) is 26.8 Å². The van der Waals surface area contributed by atoms with Crippen molar-refractivity contribution < 1.29 is 26.0 Å². The van der Waals surface area contributed by atoms with Crippen molar-refractivity contribution in [2.75, 3.05) is 18.1 Å². The van der Waals surface area contributed by atoms with Crippen molar-refractivity contribution >= 4 is 25.5 Å². The molecular weight excluding hydrogens is 357 g/mol. The van der Waals surface area contributed by atoms with Gasteiger partial charge in [0, 0.05) is 6.26 Å². The highest BCUT2D eigenvalue weighted by molar-refractivity contribution is 7.93. The zero-order valence-corrected chi connectivity index (χ0v) is 14.8. The summed E-state index contributed by atoms with van der Waals surface area (Å²) in [6, 6.07) is 7.33. The first-order valence-electron chi connectivity index (χ1n) is 6.72. The molecule has 6 nitrogen and oxygen atoms in total. The second-order valence-electron chi connectivity index (χ2n) is 5.10. The molecule has 0 aliphatic rings. The van der Waals surface area contributed by atoms with Crippen LogP contribution in [0.2, 0.25) is 0 Å². The van der Waals surface area contributed by atoms with Gasteiger partial charge in [-0.25, -0.2) is 21.2 Å². The minimum absolute atomic E-state index is 0.00825. The number of sulfone groups is 1. The molecule has 0 unspecified atom stereocenters. The lowest BCUT2D eigenvalue weighted by molar-refractivity contribution is 0.401. The fourth-order valence-electron chi connectivity index (χ4n) is 2.19. The lowest BCUT2D eigenvalue weighted by Crippen LogP contribution is -2.16. The minimum atomic E-state index is -4.17. The molecule has 0 saturated heterocycles. The summed E-state index contributed by atoms with van der Waals surface area (Å²) >= 11 is 0. The van der Waals surface area contributed by atoms with Crippen molar-refractivity contribution in [1.82, 2.24) is 0 Å². The summed E-state index contributed by atoms with van der Waals surface area (Å²) in [6.07, 6.45) is 1.03. The molecule has 0 aromatic heterocycles. The Bertz CT molecular complexity index is 985. The molecule has 0 atom stereocenters. The molecule has 0 spiro atoms. The van der Waals surface area contributed by atoms with E-state index in [9.17, 15) is 21.2 Å². The van der Waals surface area contributed by atoms with Gasteiger partial charge in [0.2, 0.25) is 0 Å². The Morgan fingerprint density at radius 1 is 1.04 bits per heavy atom. The van der Waals surface area contributed by atoms with Crippen LogP contribution in [-0.2, 0) is 19.9 Å². The van der Waals surface area contributed by atoms with Crippen molar-refractivity contribution in [1.29, 1.82) is 0 Å². The van der Waals surface area contributed by atoms with Crippen LogP contribution in [0.3, 0.4) is 0 Å². The van der Waals surface area contributed by atoms with E-state index in [1.807, 2.05) is 0 Å². The number of hydrogen-bond acceptors (Lipinski definition) is 5. The van der Waals surface area contributed by atoms with Gasteiger partial charge in [-0.1, -0.05) is 6.07 Å². The fraction of sp³-hybridized carbons (Fsp3) is 0.200. The Morgan fingerprint density at radius 2 is 1.71 bits per heavy atom. The number of halogens is 1. The van der Waals surface area contributed by atoms with Crippen molar-refractivity contribution in [2.24, 2.45) is 0 Å². The highest BCUT2D eigenvalue weighted by Gasteiger charge is 2.22. The number of ether oxygens (including phenoxy) is 1. The predicted octanol–water partition coefficient (Wildman–Crippen LogP) is 2.35. The average Bonchev–Trinajstić information content (AvgIpc) is 2.48. The fourth-order valence-corrected chi connectivity index (χ4v) is 4.48. The first-order chi connectivity index (χ1) is 11.1. The number of methoxy groups -OCH3 is 1. The molecule has 1 N–H and O–H groups in total.